The van der Waals surface area contributed by atoms with Gasteiger partial charge in [-0.15, -0.1) is 0 Å². The third-order valence-corrected chi connectivity index (χ3v) is 12.4. The Balaban J connectivity index is 1.26. The van der Waals surface area contributed by atoms with E-state index < -0.39 is 5.60 Å². The van der Waals surface area contributed by atoms with E-state index in [1.807, 2.05) is 13.0 Å². The van der Waals surface area contributed by atoms with Crippen molar-refractivity contribution >= 4 is 0 Å². The topological polar surface area (TPSA) is 73.2 Å². The number of rotatable bonds is 5. The van der Waals surface area contributed by atoms with Crippen molar-refractivity contribution in [3.8, 4) is 11.5 Å². The van der Waals surface area contributed by atoms with Crippen LogP contribution in [0.25, 0.3) is 0 Å². The molecule has 206 valence electrons. The molecule has 5 nitrogen and oxygen atoms in total. The van der Waals surface area contributed by atoms with Gasteiger partial charge in [-0.2, -0.15) is 0 Å². The van der Waals surface area contributed by atoms with E-state index in [9.17, 15) is 15.3 Å². The molecule has 3 N–H and O–H groups in total. The van der Waals surface area contributed by atoms with E-state index >= 15 is 0 Å². The molecule has 0 radical (unpaired) electrons. The van der Waals surface area contributed by atoms with Gasteiger partial charge in [0.05, 0.1) is 11.7 Å². The summed E-state index contributed by atoms with van der Waals surface area (Å²) in [5.74, 6) is 3.27. The van der Waals surface area contributed by atoms with Crippen LogP contribution in [0.15, 0.2) is 12.1 Å². The Morgan fingerprint density at radius 2 is 1.70 bits per heavy atom. The molecule has 1 saturated heterocycles. The minimum absolute atomic E-state index is 0.141. The van der Waals surface area contributed by atoms with E-state index in [-0.39, 0.29) is 22.7 Å². The Hall–Kier alpha value is -1.30. The molecule has 5 aliphatic rings. The van der Waals surface area contributed by atoms with E-state index in [0.29, 0.717) is 30.1 Å². The third-order valence-electron chi connectivity index (χ3n) is 12.4. The third kappa shape index (κ3) is 3.97. The standard InChI is InChI=1S/C32H49NO4/c1-21-25(10-11-28(35)29(21)37-19-18-33-16-4-5-17-33)32(36)15-13-27-24-9-7-22-6-8-23(34)20-30(22,2)26(24)12-14-31(27,32)3/h10-11,22-24,26-27,34-36H,4-9,12-20H2,1-3H3/t22?,23?,24-,26-,27+,30+,31+,32?/m1/s1. The first-order valence-corrected chi connectivity index (χ1v) is 15.3. The number of phenols is 1. The molecule has 37 heavy (non-hydrogen) atoms. The largest absolute Gasteiger partial charge is 0.504 e. The number of aromatic hydroxyl groups is 1. The van der Waals surface area contributed by atoms with Crippen molar-refractivity contribution in [1.82, 2.24) is 4.90 Å². The zero-order valence-electron chi connectivity index (χ0n) is 23.3. The van der Waals surface area contributed by atoms with Crippen LogP contribution < -0.4 is 4.74 Å². The van der Waals surface area contributed by atoms with Crippen LogP contribution in [0.5, 0.6) is 11.5 Å². The van der Waals surface area contributed by atoms with Gasteiger partial charge < -0.3 is 20.1 Å². The monoisotopic (exact) mass is 511 g/mol. The Bertz CT molecular complexity index is 1010. The average molecular weight is 512 g/mol. The fourth-order valence-electron chi connectivity index (χ4n) is 10.4. The van der Waals surface area contributed by atoms with Crippen LogP contribution >= 0.6 is 0 Å². The van der Waals surface area contributed by atoms with Crippen LogP contribution in [0.2, 0.25) is 0 Å². The van der Waals surface area contributed by atoms with Gasteiger partial charge in [0, 0.05) is 17.5 Å². The smallest absolute Gasteiger partial charge is 0.164 e. The highest BCUT2D eigenvalue weighted by Crippen LogP contribution is 2.70. The number of nitrogens with zero attached hydrogens (tertiary/aromatic N) is 1. The minimum Gasteiger partial charge on any atom is -0.504 e. The summed E-state index contributed by atoms with van der Waals surface area (Å²) in [6, 6.07) is 3.71. The first-order valence-electron chi connectivity index (χ1n) is 15.3. The molecule has 4 saturated carbocycles. The summed E-state index contributed by atoms with van der Waals surface area (Å²) in [4.78, 5) is 2.42. The molecule has 0 aromatic heterocycles. The average Bonchev–Trinajstić information content (AvgIpc) is 3.47. The summed E-state index contributed by atoms with van der Waals surface area (Å²) in [5, 5.41) is 33.9. The summed E-state index contributed by atoms with van der Waals surface area (Å²) >= 11 is 0. The summed E-state index contributed by atoms with van der Waals surface area (Å²) in [6.45, 7) is 10.6. The molecule has 5 fully saturated rings. The number of hydrogen-bond donors (Lipinski definition) is 3. The molecule has 8 atom stereocenters. The van der Waals surface area contributed by atoms with Crippen LogP contribution in [-0.4, -0.2) is 52.6 Å². The zero-order chi connectivity index (χ0) is 26.0. The van der Waals surface area contributed by atoms with E-state index in [2.05, 4.69) is 18.7 Å². The highest BCUT2D eigenvalue weighted by Gasteiger charge is 2.65. The van der Waals surface area contributed by atoms with Crippen LogP contribution in [0.4, 0.5) is 0 Å². The summed E-state index contributed by atoms with van der Waals surface area (Å²) < 4.78 is 6.19. The van der Waals surface area contributed by atoms with Crippen LogP contribution in [0.1, 0.15) is 95.6 Å². The minimum atomic E-state index is -0.905. The zero-order valence-corrected chi connectivity index (χ0v) is 23.3. The normalized spacial score (nSPS) is 43.8. The highest BCUT2D eigenvalue weighted by atomic mass is 16.5. The Morgan fingerprint density at radius 1 is 0.973 bits per heavy atom. The molecule has 5 heteroatoms. The maximum absolute atomic E-state index is 12.6. The van der Waals surface area contributed by atoms with Crippen LogP contribution in [0, 0.1) is 41.4 Å². The fourth-order valence-corrected chi connectivity index (χ4v) is 10.4. The molecule has 4 aliphatic carbocycles. The Labute approximate surface area is 223 Å². The van der Waals surface area contributed by atoms with Crippen molar-refractivity contribution in [2.75, 3.05) is 26.2 Å². The van der Waals surface area contributed by atoms with Gasteiger partial charge in [0.25, 0.3) is 0 Å². The molecule has 1 aromatic rings. The molecular weight excluding hydrogens is 462 g/mol. The van der Waals surface area contributed by atoms with Gasteiger partial charge in [0.2, 0.25) is 0 Å². The lowest BCUT2D eigenvalue weighted by atomic mass is 9.44. The van der Waals surface area contributed by atoms with Gasteiger partial charge in [0.15, 0.2) is 11.5 Å². The van der Waals surface area contributed by atoms with Crippen molar-refractivity contribution in [1.29, 1.82) is 0 Å². The van der Waals surface area contributed by atoms with Crippen molar-refractivity contribution in [3.05, 3.63) is 23.3 Å². The number of fused-ring (bicyclic) bond motifs is 5. The predicted molar refractivity (Wildman–Crippen MR) is 146 cm³/mol. The van der Waals surface area contributed by atoms with Gasteiger partial charge in [-0.05, 0) is 131 Å². The maximum atomic E-state index is 12.6. The summed E-state index contributed by atoms with van der Waals surface area (Å²) in [6.07, 6.45) is 12.1. The highest BCUT2D eigenvalue weighted by molar-refractivity contribution is 5.52. The molecule has 1 aliphatic heterocycles. The van der Waals surface area contributed by atoms with Gasteiger partial charge in [-0.1, -0.05) is 19.9 Å². The molecule has 6 rings (SSSR count). The van der Waals surface area contributed by atoms with E-state index in [1.165, 1.54) is 32.1 Å². The van der Waals surface area contributed by atoms with Gasteiger partial charge in [-0.3, -0.25) is 4.90 Å². The van der Waals surface area contributed by atoms with E-state index in [1.54, 1.807) is 6.07 Å². The first kappa shape index (κ1) is 26.0. The van der Waals surface area contributed by atoms with Crippen molar-refractivity contribution in [2.45, 2.75) is 103 Å². The molecule has 0 spiro atoms. The lowest BCUT2D eigenvalue weighted by Crippen LogP contribution is -2.56. The number of aliphatic hydroxyl groups excluding tert-OH is 1. The Morgan fingerprint density at radius 3 is 2.49 bits per heavy atom. The second-order valence-electron chi connectivity index (χ2n) is 13.9. The number of hydrogen-bond acceptors (Lipinski definition) is 5. The van der Waals surface area contributed by atoms with Crippen LogP contribution in [-0.2, 0) is 5.60 Å². The van der Waals surface area contributed by atoms with Crippen molar-refractivity contribution in [3.63, 3.8) is 0 Å². The predicted octanol–water partition coefficient (Wildman–Crippen LogP) is 5.77. The van der Waals surface area contributed by atoms with Gasteiger partial charge >= 0.3 is 0 Å². The number of phenolic OH excluding ortho intramolecular Hbond substituents is 1. The van der Waals surface area contributed by atoms with E-state index in [0.717, 1.165) is 75.2 Å². The molecule has 1 heterocycles. The lowest BCUT2D eigenvalue weighted by Gasteiger charge is -2.61. The lowest BCUT2D eigenvalue weighted by molar-refractivity contribution is -0.163. The fraction of sp³-hybridized carbons (Fsp3) is 0.812. The number of ether oxygens (including phenoxy) is 1. The first-order chi connectivity index (χ1) is 17.7. The molecule has 0 bridgehead atoms. The van der Waals surface area contributed by atoms with Crippen molar-refractivity contribution < 1.29 is 20.1 Å². The number of likely N-dealkylation sites (tertiary alicyclic amines) is 1. The molecule has 3 unspecified atom stereocenters. The van der Waals surface area contributed by atoms with E-state index in [4.69, 9.17) is 4.74 Å². The SMILES string of the molecule is Cc1c(C2(O)CC[C@H]3[C@@H]4CCC5CCC(O)C[C@]5(C)[C@@H]4CC[C@@]32C)ccc(O)c1OCCN1CCCC1. The summed E-state index contributed by atoms with van der Waals surface area (Å²) in [5.41, 5.74) is 1.01. The maximum Gasteiger partial charge on any atom is 0.164 e. The molecular formula is C32H49NO4. The van der Waals surface area contributed by atoms with Gasteiger partial charge in [0.1, 0.15) is 6.61 Å². The number of benzene rings is 1. The second-order valence-corrected chi connectivity index (χ2v) is 13.9. The van der Waals surface area contributed by atoms with Crippen molar-refractivity contribution in [2.24, 2.45) is 34.5 Å². The molecule has 1 aromatic carbocycles. The quantitative estimate of drug-likeness (QED) is 0.468. The second kappa shape index (κ2) is 9.41. The summed E-state index contributed by atoms with van der Waals surface area (Å²) in [7, 11) is 0. The van der Waals surface area contributed by atoms with Gasteiger partial charge in [-0.25, -0.2) is 0 Å². The number of aliphatic hydroxyl groups is 2. The Kier molecular flexibility index (Phi) is 6.60. The molecule has 0 amide bonds. The van der Waals surface area contributed by atoms with Crippen LogP contribution in [0.3, 0.4) is 0 Å².